The van der Waals surface area contributed by atoms with E-state index in [4.69, 9.17) is 11.6 Å². The Balaban J connectivity index is 2.62. The zero-order valence-electron chi connectivity index (χ0n) is 9.55. The molecule has 0 aliphatic heterocycles. The van der Waals surface area contributed by atoms with Crippen LogP contribution < -0.4 is 0 Å². The molecule has 1 aromatic carbocycles. The van der Waals surface area contributed by atoms with Gasteiger partial charge in [0, 0.05) is 23.4 Å². The highest BCUT2D eigenvalue weighted by atomic mass is 35.5. The van der Waals surface area contributed by atoms with E-state index in [0.29, 0.717) is 18.2 Å². The molecule has 0 atom stereocenters. The molecule has 18 heavy (non-hydrogen) atoms. The molecule has 0 radical (unpaired) electrons. The predicted octanol–water partition coefficient (Wildman–Crippen LogP) is 3.59. The predicted molar refractivity (Wildman–Crippen MR) is 62.4 cm³/mol. The van der Waals surface area contributed by atoms with Gasteiger partial charge in [-0.05, 0) is 6.42 Å². The molecule has 0 bridgehead atoms. The summed E-state index contributed by atoms with van der Waals surface area (Å²) in [6.45, 7) is 1.85. The normalized spacial score (nSPS) is 10.9. The zero-order chi connectivity index (χ0) is 13.3. The minimum Gasteiger partial charge on any atom is -0.234 e. The lowest BCUT2D eigenvalue weighted by Gasteiger charge is -2.08. The van der Waals surface area contributed by atoms with Gasteiger partial charge in [-0.15, -0.1) is 11.6 Å². The van der Waals surface area contributed by atoms with Crippen LogP contribution in [0.25, 0.3) is 5.69 Å². The van der Waals surface area contributed by atoms with Crippen LogP contribution in [0.3, 0.4) is 0 Å². The van der Waals surface area contributed by atoms with Crippen molar-refractivity contribution in [1.82, 2.24) is 9.78 Å². The maximum atomic E-state index is 13.6. The topological polar surface area (TPSA) is 17.8 Å². The van der Waals surface area contributed by atoms with Gasteiger partial charge in [-0.2, -0.15) is 5.10 Å². The Labute approximate surface area is 107 Å². The minimum absolute atomic E-state index is 0.123. The third-order valence-corrected chi connectivity index (χ3v) is 2.94. The number of hydrogen-bond acceptors (Lipinski definition) is 1. The molecule has 0 unspecified atom stereocenters. The summed E-state index contributed by atoms with van der Waals surface area (Å²) in [5.74, 6) is -2.97. The molecular formula is C12H10ClF3N2. The summed E-state index contributed by atoms with van der Waals surface area (Å²) < 4.78 is 40.9. The summed E-state index contributed by atoms with van der Waals surface area (Å²) in [5, 5.41) is 3.96. The van der Waals surface area contributed by atoms with Gasteiger partial charge >= 0.3 is 0 Å². The molecule has 2 aromatic rings. The first kappa shape index (κ1) is 13.0. The minimum atomic E-state index is -1.22. The highest BCUT2D eigenvalue weighted by molar-refractivity contribution is 6.17. The number of alkyl halides is 1. The van der Waals surface area contributed by atoms with Gasteiger partial charge in [0.1, 0.15) is 5.69 Å². The number of halogens is 4. The van der Waals surface area contributed by atoms with Crippen LogP contribution >= 0.6 is 11.6 Å². The summed E-state index contributed by atoms with van der Waals surface area (Å²) in [4.78, 5) is 0. The lowest BCUT2D eigenvalue weighted by Crippen LogP contribution is -2.06. The second-order valence-corrected chi connectivity index (χ2v) is 4.00. The van der Waals surface area contributed by atoms with Gasteiger partial charge in [-0.1, -0.05) is 6.92 Å². The van der Waals surface area contributed by atoms with Crippen molar-refractivity contribution in [2.24, 2.45) is 0 Å². The summed E-state index contributed by atoms with van der Waals surface area (Å²) in [5.41, 5.74) is 1.29. The van der Waals surface area contributed by atoms with E-state index < -0.39 is 17.5 Å². The van der Waals surface area contributed by atoms with Gasteiger partial charge in [0.05, 0.1) is 12.1 Å². The average Bonchev–Trinajstić information content (AvgIpc) is 2.76. The largest absolute Gasteiger partial charge is 0.234 e. The van der Waals surface area contributed by atoms with Crippen LogP contribution in [0.1, 0.15) is 18.2 Å². The van der Waals surface area contributed by atoms with Crippen molar-refractivity contribution in [2.75, 3.05) is 0 Å². The van der Waals surface area contributed by atoms with Crippen molar-refractivity contribution in [1.29, 1.82) is 0 Å². The number of nitrogens with zero attached hydrogens (tertiary/aromatic N) is 2. The summed E-state index contributed by atoms with van der Waals surface area (Å²) in [6, 6.07) is 1.29. The number of rotatable bonds is 3. The molecule has 2 nitrogen and oxygen atoms in total. The number of hydrogen-bond donors (Lipinski definition) is 0. The second kappa shape index (κ2) is 5.02. The molecule has 0 amide bonds. The van der Waals surface area contributed by atoms with Crippen molar-refractivity contribution >= 4 is 11.6 Å². The van der Waals surface area contributed by atoms with E-state index >= 15 is 0 Å². The fraction of sp³-hybridized carbons (Fsp3) is 0.250. The molecule has 0 aliphatic carbocycles. The molecule has 1 aromatic heterocycles. The van der Waals surface area contributed by atoms with E-state index in [1.165, 1.54) is 10.9 Å². The molecule has 0 aliphatic rings. The van der Waals surface area contributed by atoms with E-state index in [2.05, 4.69) is 5.10 Å². The monoisotopic (exact) mass is 274 g/mol. The Morgan fingerprint density at radius 1 is 1.17 bits per heavy atom. The lowest BCUT2D eigenvalue weighted by molar-refractivity contribution is 0.491. The van der Waals surface area contributed by atoms with Crippen LogP contribution in [-0.4, -0.2) is 9.78 Å². The van der Waals surface area contributed by atoms with Gasteiger partial charge in [0.25, 0.3) is 0 Å². The van der Waals surface area contributed by atoms with Crippen LogP contribution in [0, 0.1) is 17.5 Å². The fourth-order valence-electron chi connectivity index (χ4n) is 1.78. The molecule has 96 valence electrons. The standard InChI is InChI=1S/C12H10ClF3N2/c1-2-11-7(5-13)6-17-18(11)12-4-9(15)8(14)3-10(12)16/h3-4,6H,2,5H2,1H3. The van der Waals surface area contributed by atoms with Gasteiger partial charge in [0.2, 0.25) is 0 Å². The third-order valence-electron chi connectivity index (χ3n) is 2.65. The average molecular weight is 275 g/mol. The van der Waals surface area contributed by atoms with Crippen LogP contribution in [0.4, 0.5) is 13.2 Å². The molecule has 0 spiro atoms. The Kier molecular flexibility index (Phi) is 3.61. The highest BCUT2D eigenvalue weighted by Gasteiger charge is 2.16. The van der Waals surface area contributed by atoms with E-state index in [0.717, 1.165) is 11.6 Å². The van der Waals surface area contributed by atoms with Crippen LogP contribution in [0.15, 0.2) is 18.3 Å². The maximum absolute atomic E-state index is 13.6. The molecule has 0 fully saturated rings. The maximum Gasteiger partial charge on any atom is 0.161 e. The van der Waals surface area contributed by atoms with Gasteiger partial charge in [-0.3, -0.25) is 0 Å². The van der Waals surface area contributed by atoms with Gasteiger partial charge in [-0.25, -0.2) is 17.9 Å². The van der Waals surface area contributed by atoms with E-state index in [9.17, 15) is 13.2 Å². The first-order valence-electron chi connectivity index (χ1n) is 5.35. The van der Waals surface area contributed by atoms with Crippen molar-refractivity contribution in [2.45, 2.75) is 19.2 Å². The Morgan fingerprint density at radius 3 is 2.44 bits per heavy atom. The van der Waals surface area contributed by atoms with E-state index in [1.807, 2.05) is 6.92 Å². The van der Waals surface area contributed by atoms with Gasteiger partial charge < -0.3 is 0 Å². The zero-order valence-corrected chi connectivity index (χ0v) is 10.3. The van der Waals surface area contributed by atoms with E-state index in [-0.39, 0.29) is 11.6 Å². The molecule has 6 heteroatoms. The van der Waals surface area contributed by atoms with Crippen LogP contribution in [-0.2, 0) is 12.3 Å². The molecule has 0 N–H and O–H groups in total. The van der Waals surface area contributed by atoms with Crippen LogP contribution in [0.5, 0.6) is 0 Å². The summed E-state index contributed by atoms with van der Waals surface area (Å²) in [7, 11) is 0. The number of benzene rings is 1. The molecular weight excluding hydrogens is 265 g/mol. The summed E-state index contributed by atoms with van der Waals surface area (Å²) in [6.07, 6.45) is 2.05. The fourth-order valence-corrected chi connectivity index (χ4v) is 2.00. The van der Waals surface area contributed by atoms with Crippen molar-refractivity contribution < 1.29 is 13.2 Å². The van der Waals surface area contributed by atoms with Crippen molar-refractivity contribution in [3.05, 3.63) is 47.0 Å². The Morgan fingerprint density at radius 2 is 1.83 bits per heavy atom. The molecule has 1 heterocycles. The van der Waals surface area contributed by atoms with Crippen LogP contribution in [0.2, 0.25) is 0 Å². The van der Waals surface area contributed by atoms with Crippen molar-refractivity contribution in [3.8, 4) is 5.69 Å². The first-order chi connectivity index (χ1) is 8.58. The second-order valence-electron chi connectivity index (χ2n) is 3.73. The van der Waals surface area contributed by atoms with Crippen molar-refractivity contribution in [3.63, 3.8) is 0 Å². The highest BCUT2D eigenvalue weighted by Crippen LogP contribution is 2.21. The number of aromatic nitrogens is 2. The lowest BCUT2D eigenvalue weighted by atomic mass is 10.2. The third kappa shape index (κ3) is 2.10. The SMILES string of the molecule is CCc1c(CCl)cnn1-c1cc(F)c(F)cc1F. The molecule has 2 rings (SSSR count). The molecule has 0 saturated carbocycles. The smallest absolute Gasteiger partial charge is 0.161 e. The first-order valence-corrected chi connectivity index (χ1v) is 5.88. The Bertz CT molecular complexity index is 581. The van der Waals surface area contributed by atoms with E-state index in [1.54, 1.807) is 0 Å². The quantitative estimate of drug-likeness (QED) is 0.618. The Hall–Kier alpha value is -1.49. The summed E-state index contributed by atoms with van der Waals surface area (Å²) >= 11 is 5.73. The molecule has 0 saturated heterocycles. The van der Waals surface area contributed by atoms with Gasteiger partial charge in [0.15, 0.2) is 17.5 Å².